The van der Waals surface area contributed by atoms with Gasteiger partial charge in [0.25, 0.3) is 5.91 Å². The molecule has 1 aliphatic heterocycles. The highest BCUT2D eigenvalue weighted by Gasteiger charge is 2.34. The summed E-state index contributed by atoms with van der Waals surface area (Å²) in [5.41, 5.74) is -0.644. The standard InChI is InChI=1S/C15H19F3N2O/c1-2-7-19-13-6-5-11(10-12(13)15(16,17)18)14(21)20-8-3-4-9-20/h5-6,10,19H,2-4,7-9H2,1H3. The highest BCUT2D eigenvalue weighted by molar-refractivity contribution is 5.95. The molecule has 1 N–H and O–H groups in total. The number of likely N-dealkylation sites (tertiary alicyclic amines) is 1. The Morgan fingerprint density at radius 3 is 2.52 bits per heavy atom. The van der Waals surface area contributed by atoms with Gasteiger partial charge in [-0.15, -0.1) is 0 Å². The second-order valence-corrected chi connectivity index (χ2v) is 5.18. The van der Waals surface area contributed by atoms with Gasteiger partial charge in [-0.1, -0.05) is 6.92 Å². The molecule has 116 valence electrons. The quantitative estimate of drug-likeness (QED) is 0.918. The molecule has 0 saturated carbocycles. The van der Waals surface area contributed by atoms with Gasteiger partial charge in [0, 0.05) is 30.9 Å². The first kappa shape index (κ1) is 15.7. The minimum atomic E-state index is -4.47. The molecule has 0 spiro atoms. The van der Waals surface area contributed by atoms with Crippen LogP contribution in [0.2, 0.25) is 0 Å². The Bertz CT molecular complexity index is 508. The molecule has 3 nitrogen and oxygen atoms in total. The van der Waals surface area contributed by atoms with E-state index in [2.05, 4.69) is 5.32 Å². The van der Waals surface area contributed by atoms with E-state index >= 15 is 0 Å². The molecule has 2 rings (SSSR count). The Labute approximate surface area is 122 Å². The van der Waals surface area contributed by atoms with Crippen molar-refractivity contribution in [2.24, 2.45) is 0 Å². The lowest BCUT2D eigenvalue weighted by Gasteiger charge is -2.18. The first-order valence-electron chi connectivity index (χ1n) is 7.18. The lowest BCUT2D eigenvalue weighted by molar-refractivity contribution is -0.137. The Morgan fingerprint density at radius 1 is 1.29 bits per heavy atom. The van der Waals surface area contributed by atoms with Crippen molar-refractivity contribution >= 4 is 11.6 Å². The van der Waals surface area contributed by atoms with E-state index in [0.29, 0.717) is 19.6 Å². The summed E-state index contributed by atoms with van der Waals surface area (Å²) >= 11 is 0. The van der Waals surface area contributed by atoms with Gasteiger partial charge < -0.3 is 10.2 Å². The van der Waals surface area contributed by atoms with Crippen LogP contribution in [0.4, 0.5) is 18.9 Å². The van der Waals surface area contributed by atoms with Crippen LogP contribution in [-0.4, -0.2) is 30.4 Å². The molecule has 6 heteroatoms. The second kappa shape index (κ2) is 6.37. The van der Waals surface area contributed by atoms with Crippen molar-refractivity contribution in [3.8, 4) is 0 Å². The molecular weight excluding hydrogens is 281 g/mol. The molecule has 21 heavy (non-hydrogen) atoms. The van der Waals surface area contributed by atoms with Gasteiger partial charge in [-0.25, -0.2) is 0 Å². The zero-order valence-corrected chi connectivity index (χ0v) is 12.0. The van der Waals surface area contributed by atoms with E-state index in [9.17, 15) is 18.0 Å². The minimum Gasteiger partial charge on any atom is -0.385 e. The van der Waals surface area contributed by atoms with Gasteiger partial charge in [0.15, 0.2) is 0 Å². The Kier molecular flexibility index (Phi) is 4.75. The van der Waals surface area contributed by atoms with Crippen LogP contribution in [-0.2, 0) is 6.18 Å². The number of amides is 1. The predicted molar refractivity (Wildman–Crippen MR) is 75.4 cm³/mol. The highest BCUT2D eigenvalue weighted by atomic mass is 19.4. The maximum absolute atomic E-state index is 13.1. The fraction of sp³-hybridized carbons (Fsp3) is 0.533. The topological polar surface area (TPSA) is 32.3 Å². The van der Waals surface area contributed by atoms with Crippen LogP contribution in [0.1, 0.15) is 42.1 Å². The molecule has 1 aliphatic rings. The molecule has 0 bridgehead atoms. The molecule has 1 aromatic carbocycles. The van der Waals surface area contributed by atoms with Crippen molar-refractivity contribution in [3.05, 3.63) is 29.3 Å². The summed E-state index contributed by atoms with van der Waals surface area (Å²) in [5, 5.41) is 2.76. The second-order valence-electron chi connectivity index (χ2n) is 5.18. The number of rotatable bonds is 4. The summed E-state index contributed by atoms with van der Waals surface area (Å²) in [7, 11) is 0. The average Bonchev–Trinajstić information content (AvgIpc) is 2.97. The van der Waals surface area contributed by atoms with Crippen LogP contribution in [0.3, 0.4) is 0 Å². The summed E-state index contributed by atoms with van der Waals surface area (Å²) in [6, 6.07) is 3.77. The fourth-order valence-corrected chi connectivity index (χ4v) is 2.43. The molecule has 0 aromatic heterocycles. The van der Waals surface area contributed by atoms with Crippen molar-refractivity contribution in [2.45, 2.75) is 32.4 Å². The summed E-state index contributed by atoms with van der Waals surface area (Å²) in [4.78, 5) is 13.8. The lowest BCUT2D eigenvalue weighted by Crippen LogP contribution is -2.28. The number of benzene rings is 1. The molecule has 0 aliphatic carbocycles. The van der Waals surface area contributed by atoms with E-state index in [4.69, 9.17) is 0 Å². The van der Waals surface area contributed by atoms with Crippen molar-refractivity contribution < 1.29 is 18.0 Å². The number of halogens is 3. The van der Waals surface area contributed by atoms with Gasteiger partial charge in [-0.05, 0) is 37.5 Å². The zero-order valence-electron chi connectivity index (χ0n) is 12.0. The number of anilines is 1. The molecule has 1 amide bonds. The normalized spacial score (nSPS) is 15.3. The third-order valence-electron chi connectivity index (χ3n) is 3.53. The first-order valence-corrected chi connectivity index (χ1v) is 7.18. The van der Waals surface area contributed by atoms with Crippen molar-refractivity contribution in [3.63, 3.8) is 0 Å². The maximum Gasteiger partial charge on any atom is 0.418 e. The van der Waals surface area contributed by atoms with E-state index in [1.807, 2.05) is 6.92 Å². The number of carbonyl (C=O) groups is 1. The number of hydrogen-bond donors (Lipinski definition) is 1. The van der Waals surface area contributed by atoms with Gasteiger partial charge in [0.2, 0.25) is 0 Å². The molecule has 1 aromatic rings. The van der Waals surface area contributed by atoms with Gasteiger partial charge in [-0.3, -0.25) is 4.79 Å². The molecule has 1 fully saturated rings. The summed E-state index contributed by atoms with van der Waals surface area (Å²) in [5.74, 6) is -0.319. The third-order valence-corrected chi connectivity index (χ3v) is 3.53. The Hall–Kier alpha value is -1.72. The van der Waals surface area contributed by atoms with Crippen LogP contribution in [0.5, 0.6) is 0 Å². The van der Waals surface area contributed by atoms with E-state index in [1.165, 1.54) is 12.1 Å². The average molecular weight is 300 g/mol. The summed E-state index contributed by atoms with van der Waals surface area (Å²) < 4.78 is 39.4. The number of alkyl halides is 3. The number of nitrogens with one attached hydrogen (secondary N) is 1. The smallest absolute Gasteiger partial charge is 0.385 e. The predicted octanol–water partition coefficient (Wildman–Crippen LogP) is 3.76. The fourth-order valence-electron chi connectivity index (χ4n) is 2.43. The van der Waals surface area contributed by atoms with Crippen LogP contribution < -0.4 is 5.32 Å². The third kappa shape index (κ3) is 3.68. The number of hydrogen-bond acceptors (Lipinski definition) is 2. The maximum atomic E-state index is 13.1. The monoisotopic (exact) mass is 300 g/mol. The molecule has 0 atom stereocenters. The number of carbonyl (C=O) groups excluding carboxylic acids is 1. The summed E-state index contributed by atoms with van der Waals surface area (Å²) in [6.07, 6.45) is -1.93. The van der Waals surface area contributed by atoms with Gasteiger partial charge >= 0.3 is 6.18 Å². The Balaban J connectivity index is 2.30. The molecule has 1 saturated heterocycles. The SMILES string of the molecule is CCCNc1ccc(C(=O)N2CCCC2)cc1C(F)(F)F. The van der Waals surface area contributed by atoms with Crippen LogP contribution in [0.25, 0.3) is 0 Å². The van der Waals surface area contributed by atoms with Crippen molar-refractivity contribution in [1.82, 2.24) is 4.90 Å². The molecule has 1 heterocycles. The molecule has 0 unspecified atom stereocenters. The van der Waals surface area contributed by atoms with Gasteiger partial charge in [-0.2, -0.15) is 13.2 Å². The van der Waals surface area contributed by atoms with Crippen LogP contribution >= 0.6 is 0 Å². The summed E-state index contributed by atoms with van der Waals surface area (Å²) in [6.45, 7) is 3.58. The van der Waals surface area contributed by atoms with Crippen molar-refractivity contribution in [2.75, 3.05) is 25.0 Å². The van der Waals surface area contributed by atoms with E-state index in [1.54, 1.807) is 4.90 Å². The van der Waals surface area contributed by atoms with Crippen LogP contribution in [0, 0.1) is 0 Å². The number of nitrogens with zero attached hydrogens (tertiary/aromatic N) is 1. The molecule has 0 radical (unpaired) electrons. The van der Waals surface area contributed by atoms with E-state index in [0.717, 1.165) is 25.3 Å². The Morgan fingerprint density at radius 2 is 1.95 bits per heavy atom. The highest BCUT2D eigenvalue weighted by Crippen LogP contribution is 2.35. The van der Waals surface area contributed by atoms with Crippen LogP contribution in [0.15, 0.2) is 18.2 Å². The molecular formula is C15H19F3N2O. The minimum absolute atomic E-state index is 0.0299. The largest absolute Gasteiger partial charge is 0.418 e. The van der Waals surface area contributed by atoms with E-state index in [-0.39, 0.29) is 17.2 Å². The van der Waals surface area contributed by atoms with Crippen molar-refractivity contribution in [1.29, 1.82) is 0 Å². The first-order chi connectivity index (χ1) is 9.93. The van der Waals surface area contributed by atoms with Gasteiger partial charge in [0.05, 0.1) is 5.56 Å². The zero-order chi connectivity index (χ0) is 15.5. The lowest BCUT2D eigenvalue weighted by atomic mass is 10.1. The van der Waals surface area contributed by atoms with Gasteiger partial charge in [0.1, 0.15) is 0 Å². The van der Waals surface area contributed by atoms with E-state index < -0.39 is 11.7 Å².